The Labute approximate surface area is 148 Å². The van der Waals surface area contributed by atoms with Crippen molar-refractivity contribution in [1.82, 2.24) is 0 Å². The van der Waals surface area contributed by atoms with Gasteiger partial charge in [0.15, 0.2) is 0 Å². The molecule has 3 rings (SSSR count). The van der Waals surface area contributed by atoms with Gasteiger partial charge in [-0.1, -0.05) is 24.3 Å². The summed E-state index contributed by atoms with van der Waals surface area (Å²) in [5.41, 5.74) is 0.911. The molecule has 0 amide bonds. The van der Waals surface area contributed by atoms with Gasteiger partial charge >= 0.3 is 11.9 Å². The molecule has 2 fully saturated rings. The van der Waals surface area contributed by atoms with Crippen LogP contribution in [0.2, 0.25) is 0 Å². The van der Waals surface area contributed by atoms with Crippen LogP contribution in [0.4, 0.5) is 0 Å². The summed E-state index contributed by atoms with van der Waals surface area (Å²) < 4.78 is 11.4. The Morgan fingerprint density at radius 3 is 2.80 bits per heavy atom. The summed E-state index contributed by atoms with van der Waals surface area (Å²) in [7, 11) is 0. The molecule has 0 aromatic heterocycles. The van der Waals surface area contributed by atoms with E-state index < -0.39 is 35.7 Å². The molecular weight excluding hydrogens is 320 g/mol. The second kappa shape index (κ2) is 6.13. The maximum Gasteiger partial charge on any atom is 0.334 e. The molecule has 0 unspecified atom stereocenters. The monoisotopic (exact) mass is 346 g/mol. The number of hydrogen-bond acceptors (Lipinski definition) is 5. The first-order chi connectivity index (χ1) is 11.7. The Balaban J connectivity index is 2.01. The maximum atomic E-state index is 12.3. The molecule has 0 aromatic rings. The summed E-state index contributed by atoms with van der Waals surface area (Å²) >= 11 is 0. The zero-order chi connectivity index (χ0) is 18.5. The number of esters is 2. The lowest BCUT2D eigenvalue weighted by Crippen LogP contribution is -2.40. The molecule has 0 radical (unpaired) electrons. The molecule has 5 nitrogen and oxygen atoms in total. The van der Waals surface area contributed by atoms with Crippen molar-refractivity contribution in [2.45, 2.75) is 58.3 Å². The number of hydrogen-bond donors (Lipinski definition) is 1. The highest BCUT2D eigenvalue weighted by molar-refractivity contribution is 5.91. The molecule has 1 N–H and O–H groups in total. The number of fused-ring (bicyclic) bond motifs is 3. The molecule has 6 atom stereocenters. The zero-order valence-electron chi connectivity index (χ0n) is 15.2. The number of aliphatic hydroxyl groups is 1. The van der Waals surface area contributed by atoms with E-state index in [2.05, 4.69) is 12.7 Å². The summed E-state index contributed by atoms with van der Waals surface area (Å²) in [6.45, 7) is 11.1. The molecule has 3 aliphatic rings. The minimum absolute atomic E-state index is 0.0646. The van der Waals surface area contributed by atoms with Gasteiger partial charge in [-0.05, 0) is 34.1 Å². The van der Waals surface area contributed by atoms with Crippen LogP contribution in [-0.2, 0) is 19.1 Å². The van der Waals surface area contributed by atoms with E-state index in [1.807, 2.05) is 6.92 Å². The van der Waals surface area contributed by atoms with E-state index in [1.54, 1.807) is 26.8 Å². The normalized spacial score (nSPS) is 40.8. The molecule has 1 heterocycles. The standard InChI is InChI=1S/C20H26O5/c1-6-10(2)18(21)24-14-9-20(5,23)13-8-7-11(3)15(13)17-16(14)12(4)19(22)25-17/h6-7,13-17,23H,4,8-9H2,1-3,5H3/b10-6-/t13-,14-,15+,16-,17-,20+/m1/s1. The minimum Gasteiger partial charge on any atom is -0.458 e. The van der Waals surface area contributed by atoms with Crippen LogP contribution in [0, 0.1) is 17.8 Å². The lowest BCUT2D eigenvalue weighted by molar-refractivity contribution is -0.150. The molecular formula is C20H26O5. The van der Waals surface area contributed by atoms with Gasteiger partial charge in [-0.2, -0.15) is 0 Å². The van der Waals surface area contributed by atoms with E-state index in [0.717, 1.165) is 12.0 Å². The van der Waals surface area contributed by atoms with Gasteiger partial charge in [0.1, 0.15) is 12.2 Å². The molecule has 1 saturated heterocycles. The van der Waals surface area contributed by atoms with Crippen LogP contribution in [-0.4, -0.2) is 34.9 Å². The summed E-state index contributed by atoms with van der Waals surface area (Å²) in [6, 6.07) is 0. The van der Waals surface area contributed by atoms with Crippen LogP contribution in [0.3, 0.4) is 0 Å². The van der Waals surface area contributed by atoms with E-state index in [9.17, 15) is 14.7 Å². The average Bonchev–Trinajstić information content (AvgIpc) is 3.03. The number of rotatable bonds is 2. The highest BCUT2D eigenvalue weighted by Crippen LogP contribution is 2.52. The van der Waals surface area contributed by atoms with Crippen molar-refractivity contribution in [1.29, 1.82) is 0 Å². The third-order valence-electron chi connectivity index (χ3n) is 6.10. The third-order valence-corrected chi connectivity index (χ3v) is 6.10. The van der Waals surface area contributed by atoms with E-state index in [-0.39, 0.29) is 18.3 Å². The average molecular weight is 346 g/mol. The lowest BCUT2D eigenvalue weighted by atomic mass is 9.76. The highest BCUT2D eigenvalue weighted by atomic mass is 16.6. The third kappa shape index (κ3) is 2.84. The highest BCUT2D eigenvalue weighted by Gasteiger charge is 2.58. The van der Waals surface area contributed by atoms with Crippen molar-refractivity contribution in [3.8, 4) is 0 Å². The van der Waals surface area contributed by atoms with Crippen LogP contribution in [0.15, 0.2) is 35.5 Å². The van der Waals surface area contributed by atoms with Crippen LogP contribution in [0.1, 0.15) is 40.5 Å². The number of carbonyl (C=O) groups is 2. The van der Waals surface area contributed by atoms with Crippen molar-refractivity contribution >= 4 is 11.9 Å². The van der Waals surface area contributed by atoms with Gasteiger partial charge in [0.05, 0.1) is 11.5 Å². The Morgan fingerprint density at radius 1 is 1.48 bits per heavy atom. The zero-order valence-corrected chi connectivity index (χ0v) is 15.2. The maximum absolute atomic E-state index is 12.3. The van der Waals surface area contributed by atoms with Gasteiger partial charge in [0, 0.05) is 29.4 Å². The summed E-state index contributed by atoms with van der Waals surface area (Å²) in [4.78, 5) is 24.5. The predicted molar refractivity (Wildman–Crippen MR) is 92.4 cm³/mol. The van der Waals surface area contributed by atoms with Gasteiger partial charge in [0.25, 0.3) is 0 Å². The Bertz CT molecular complexity index is 684. The smallest absolute Gasteiger partial charge is 0.334 e. The largest absolute Gasteiger partial charge is 0.458 e. The second-order valence-electron chi connectivity index (χ2n) is 7.71. The van der Waals surface area contributed by atoms with E-state index >= 15 is 0 Å². The molecule has 1 saturated carbocycles. The van der Waals surface area contributed by atoms with Crippen molar-refractivity contribution < 1.29 is 24.2 Å². The summed E-state index contributed by atoms with van der Waals surface area (Å²) in [5.74, 6) is -1.43. The topological polar surface area (TPSA) is 72.8 Å². The molecule has 5 heteroatoms. The molecule has 0 aromatic carbocycles. The quantitative estimate of drug-likeness (QED) is 0.473. The second-order valence-corrected chi connectivity index (χ2v) is 7.71. The summed E-state index contributed by atoms with van der Waals surface area (Å²) in [6.07, 6.45) is 3.69. The SMILES string of the molecule is C=C1C(=O)O[C@@H]2[C@H]3C(C)=CC[C@H]3[C@@](C)(O)C[C@@H](OC(=O)/C(C)=C\C)[C@@H]12. The molecule has 0 bridgehead atoms. The van der Waals surface area contributed by atoms with Gasteiger partial charge in [-0.15, -0.1) is 0 Å². The number of ether oxygens (including phenoxy) is 2. The number of carbonyl (C=O) groups excluding carboxylic acids is 2. The van der Waals surface area contributed by atoms with Crippen molar-refractivity contribution in [3.63, 3.8) is 0 Å². The molecule has 1 aliphatic heterocycles. The number of allylic oxidation sites excluding steroid dienone is 2. The molecule has 2 aliphatic carbocycles. The van der Waals surface area contributed by atoms with Gasteiger partial charge in [0.2, 0.25) is 0 Å². The fourth-order valence-corrected chi connectivity index (χ4v) is 4.53. The fourth-order valence-electron chi connectivity index (χ4n) is 4.53. The Hall–Kier alpha value is -1.88. The van der Waals surface area contributed by atoms with Gasteiger partial charge in [-0.25, -0.2) is 9.59 Å². The van der Waals surface area contributed by atoms with Crippen molar-refractivity contribution in [2.24, 2.45) is 17.8 Å². The van der Waals surface area contributed by atoms with E-state index in [4.69, 9.17) is 9.47 Å². The summed E-state index contributed by atoms with van der Waals surface area (Å²) in [5, 5.41) is 11.1. The Kier molecular flexibility index (Phi) is 4.40. The van der Waals surface area contributed by atoms with Gasteiger partial charge in [-0.3, -0.25) is 0 Å². The lowest BCUT2D eigenvalue weighted by Gasteiger charge is -2.34. The van der Waals surface area contributed by atoms with Crippen molar-refractivity contribution in [2.75, 3.05) is 0 Å². The first-order valence-corrected chi connectivity index (χ1v) is 8.80. The Morgan fingerprint density at radius 2 is 2.16 bits per heavy atom. The van der Waals surface area contributed by atoms with Crippen LogP contribution >= 0.6 is 0 Å². The van der Waals surface area contributed by atoms with Gasteiger partial charge < -0.3 is 14.6 Å². The first-order valence-electron chi connectivity index (χ1n) is 8.80. The van der Waals surface area contributed by atoms with Crippen molar-refractivity contribution in [3.05, 3.63) is 35.5 Å². The molecule has 0 spiro atoms. The van der Waals surface area contributed by atoms with Crippen LogP contribution < -0.4 is 0 Å². The fraction of sp³-hybridized carbons (Fsp3) is 0.600. The van der Waals surface area contributed by atoms with E-state index in [0.29, 0.717) is 11.1 Å². The molecule has 25 heavy (non-hydrogen) atoms. The first kappa shape index (κ1) is 17.9. The minimum atomic E-state index is -1.02. The van der Waals surface area contributed by atoms with Crippen LogP contribution in [0.5, 0.6) is 0 Å². The van der Waals surface area contributed by atoms with Crippen LogP contribution in [0.25, 0.3) is 0 Å². The predicted octanol–water partition coefficient (Wildman–Crippen LogP) is 2.70. The molecule has 136 valence electrons. The van der Waals surface area contributed by atoms with E-state index in [1.165, 1.54) is 0 Å².